The van der Waals surface area contributed by atoms with E-state index in [9.17, 15) is 13.6 Å². The monoisotopic (exact) mass is 329 g/mol. The highest BCUT2D eigenvalue weighted by Gasteiger charge is 2.13. The van der Waals surface area contributed by atoms with Crippen molar-refractivity contribution in [2.24, 2.45) is 0 Å². The minimum Gasteiger partial charge on any atom is -0.468 e. The van der Waals surface area contributed by atoms with Crippen LogP contribution in [0.5, 0.6) is 5.75 Å². The van der Waals surface area contributed by atoms with Crippen molar-refractivity contribution < 1.29 is 18.3 Å². The highest BCUT2D eigenvalue weighted by atomic mass is 35.5. The molecule has 2 rings (SSSR count). The second-order valence-corrected chi connectivity index (χ2v) is 4.86. The first-order valence-electron chi connectivity index (χ1n) is 6.42. The predicted molar refractivity (Wildman–Crippen MR) is 79.7 cm³/mol. The van der Waals surface area contributed by atoms with Crippen LogP contribution in [-0.2, 0) is 11.3 Å². The molecule has 0 N–H and O–H groups in total. The number of hydrogen-bond donors (Lipinski definition) is 0. The molecule has 0 aliphatic rings. The van der Waals surface area contributed by atoms with Gasteiger partial charge in [0.2, 0.25) is 0 Å². The Hall–Kier alpha value is -1.92. The zero-order valence-electron chi connectivity index (χ0n) is 11.8. The maximum Gasteiger partial charge on any atom is 0.269 e. The third-order valence-corrected chi connectivity index (χ3v) is 3.23. The number of pyridine rings is 1. The van der Waals surface area contributed by atoms with Crippen molar-refractivity contribution in [1.82, 2.24) is 4.57 Å². The molecular formula is C15H14ClF2NO3. The van der Waals surface area contributed by atoms with Gasteiger partial charge in [-0.2, -0.15) is 0 Å². The molecule has 0 saturated heterocycles. The fourth-order valence-electron chi connectivity index (χ4n) is 1.97. The summed E-state index contributed by atoms with van der Waals surface area (Å²) in [5.74, 6) is 0.572. The molecule has 22 heavy (non-hydrogen) atoms. The van der Waals surface area contributed by atoms with Crippen molar-refractivity contribution in [1.29, 1.82) is 0 Å². The van der Waals surface area contributed by atoms with E-state index in [1.807, 2.05) is 0 Å². The summed E-state index contributed by atoms with van der Waals surface area (Å²) < 4.78 is 36.4. The van der Waals surface area contributed by atoms with Gasteiger partial charge < -0.3 is 14.0 Å². The van der Waals surface area contributed by atoms with Gasteiger partial charge >= 0.3 is 0 Å². The van der Waals surface area contributed by atoms with Gasteiger partial charge in [-0.1, -0.05) is 11.6 Å². The summed E-state index contributed by atoms with van der Waals surface area (Å²) in [4.78, 5) is 12.0. The van der Waals surface area contributed by atoms with E-state index in [4.69, 9.17) is 21.1 Å². The lowest BCUT2D eigenvalue weighted by Gasteiger charge is -2.13. The molecule has 0 bridgehead atoms. The van der Waals surface area contributed by atoms with Crippen LogP contribution in [0.25, 0.3) is 11.3 Å². The van der Waals surface area contributed by atoms with Crippen LogP contribution in [0, 0.1) is 0 Å². The largest absolute Gasteiger partial charge is 0.468 e. The van der Waals surface area contributed by atoms with Gasteiger partial charge in [0.25, 0.3) is 12.0 Å². The summed E-state index contributed by atoms with van der Waals surface area (Å²) in [6.07, 6.45) is -2.65. The van der Waals surface area contributed by atoms with Crippen LogP contribution in [0.2, 0.25) is 5.02 Å². The van der Waals surface area contributed by atoms with Gasteiger partial charge in [0.05, 0.1) is 12.2 Å². The molecule has 0 aliphatic heterocycles. The van der Waals surface area contributed by atoms with Gasteiger partial charge in [-0.25, -0.2) is 8.78 Å². The molecule has 7 heteroatoms. The molecule has 1 aromatic carbocycles. The fraction of sp³-hybridized carbons (Fsp3) is 0.267. The van der Waals surface area contributed by atoms with E-state index in [0.29, 0.717) is 17.0 Å². The Bertz CT molecular complexity index is 686. The summed E-state index contributed by atoms with van der Waals surface area (Å²) in [5.41, 5.74) is 0.339. The standard InChI is InChI=1S/C15H14ClF2NO3/c1-21-9-22-11-4-2-10(3-5-11)13-7-6-12(16)15(20)19(13)8-14(17)18/h2-7,14H,8-9H2,1H3. The second kappa shape index (κ2) is 7.38. The molecule has 0 fully saturated rings. The summed E-state index contributed by atoms with van der Waals surface area (Å²) >= 11 is 5.73. The minimum atomic E-state index is -2.65. The molecule has 0 unspecified atom stereocenters. The van der Waals surface area contributed by atoms with Crippen molar-refractivity contribution in [3.8, 4) is 17.0 Å². The third-order valence-electron chi connectivity index (χ3n) is 2.94. The molecule has 2 aromatic rings. The van der Waals surface area contributed by atoms with Gasteiger partial charge in [-0.15, -0.1) is 0 Å². The predicted octanol–water partition coefficient (Wildman–Crippen LogP) is 3.42. The molecule has 0 atom stereocenters. The molecule has 1 heterocycles. The maximum atomic E-state index is 12.7. The summed E-state index contributed by atoms with van der Waals surface area (Å²) in [5, 5.41) is -0.0931. The van der Waals surface area contributed by atoms with Gasteiger partial charge in [-0.05, 0) is 42.0 Å². The highest BCUT2D eigenvalue weighted by Crippen LogP contribution is 2.23. The quantitative estimate of drug-likeness (QED) is 0.762. The lowest BCUT2D eigenvalue weighted by atomic mass is 10.1. The van der Waals surface area contributed by atoms with Gasteiger partial charge in [0.1, 0.15) is 10.8 Å². The van der Waals surface area contributed by atoms with Crippen LogP contribution in [0.4, 0.5) is 8.78 Å². The number of rotatable bonds is 6. The number of hydrogen-bond acceptors (Lipinski definition) is 3. The lowest BCUT2D eigenvalue weighted by molar-refractivity contribution is 0.0511. The Morgan fingerprint density at radius 2 is 1.86 bits per heavy atom. The molecule has 1 aromatic heterocycles. The van der Waals surface area contributed by atoms with Crippen LogP contribution in [0.1, 0.15) is 0 Å². The Kier molecular flexibility index (Phi) is 5.51. The second-order valence-electron chi connectivity index (χ2n) is 4.45. The van der Waals surface area contributed by atoms with Gasteiger partial charge in [-0.3, -0.25) is 4.79 Å². The number of benzene rings is 1. The number of halogens is 3. The highest BCUT2D eigenvalue weighted by molar-refractivity contribution is 6.30. The smallest absolute Gasteiger partial charge is 0.269 e. The number of nitrogens with zero attached hydrogens (tertiary/aromatic N) is 1. The number of methoxy groups -OCH3 is 1. The molecule has 0 spiro atoms. The van der Waals surface area contributed by atoms with Gasteiger partial charge in [0.15, 0.2) is 6.79 Å². The van der Waals surface area contributed by atoms with Crippen molar-refractivity contribution in [3.63, 3.8) is 0 Å². The summed E-state index contributed by atoms with van der Waals surface area (Å²) in [6.45, 7) is -0.604. The molecule has 118 valence electrons. The van der Waals surface area contributed by atoms with E-state index in [-0.39, 0.29) is 11.8 Å². The first kappa shape index (κ1) is 16.5. The Morgan fingerprint density at radius 3 is 2.45 bits per heavy atom. The number of ether oxygens (including phenoxy) is 2. The van der Waals surface area contributed by atoms with E-state index in [1.165, 1.54) is 19.2 Å². The van der Waals surface area contributed by atoms with E-state index >= 15 is 0 Å². The van der Waals surface area contributed by atoms with E-state index in [2.05, 4.69) is 0 Å². The first-order chi connectivity index (χ1) is 10.5. The SMILES string of the molecule is COCOc1ccc(-c2ccc(Cl)c(=O)n2CC(F)F)cc1. The van der Waals surface area contributed by atoms with E-state index < -0.39 is 18.5 Å². The van der Waals surface area contributed by atoms with Crippen LogP contribution in [0.15, 0.2) is 41.2 Å². The van der Waals surface area contributed by atoms with E-state index in [1.54, 1.807) is 24.3 Å². The molecular weight excluding hydrogens is 316 g/mol. The molecule has 0 aliphatic carbocycles. The fourth-order valence-corrected chi connectivity index (χ4v) is 2.14. The average molecular weight is 330 g/mol. The van der Waals surface area contributed by atoms with E-state index in [0.717, 1.165) is 4.57 Å². The zero-order valence-corrected chi connectivity index (χ0v) is 12.5. The van der Waals surface area contributed by atoms with Crippen LogP contribution in [0.3, 0.4) is 0 Å². The summed E-state index contributed by atoms with van der Waals surface area (Å²) in [6, 6.07) is 9.62. The lowest BCUT2D eigenvalue weighted by Crippen LogP contribution is -2.25. The normalized spacial score (nSPS) is 11.0. The topological polar surface area (TPSA) is 40.5 Å². The van der Waals surface area contributed by atoms with Crippen LogP contribution >= 0.6 is 11.6 Å². The third kappa shape index (κ3) is 3.84. The van der Waals surface area contributed by atoms with Crippen LogP contribution in [-0.4, -0.2) is 24.9 Å². The van der Waals surface area contributed by atoms with Crippen LogP contribution < -0.4 is 10.3 Å². The first-order valence-corrected chi connectivity index (χ1v) is 6.80. The van der Waals surface area contributed by atoms with Crippen molar-refractivity contribution in [2.75, 3.05) is 13.9 Å². The average Bonchev–Trinajstić information content (AvgIpc) is 2.50. The zero-order chi connectivity index (χ0) is 16.1. The maximum absolute atomic E-state index is 12.7. The molecule has 0 saturated carbocycles. The van der Waals surface area contributed by atoms with Gasteiger partial charge in [0, 0.05) is 7.11 Å². The molecule has 4 nitrogen and oxygen atoms in total. The Morgan fingerprint density at radius 1 is 1.18 bits per heavy atom. The number of aromatic nitrogens is 1. The van der Waals surface area contributed by atoms with Crippen molar-refractivity contribution >= 4 is 11.6 Å². The molecule has 0 radical (unpaired) electrons. The Balaban J connectivity index is 2.39. The summed E-state index contributed by atoms with van der Waals surface area (Å²) in [7, 11) is 1.51. The van der Waals surface area contributed by atoms with Crippen molar-refractivity contribution in [2.45, 2.75) is 13.0 Å². The molecule has 0 amide bonds. The minimum absolute atomic E-state index is 0.0931. The Labute approximate surface area is 130 Å². The van der Waals surface area contributed by atoms with Crippen molar-refractivity contribution in [3.05, 3.63) is 51.8 Å². The number of alkyl halides is 2.